The van der Waals surface area contributed by atoms with Gasteiger partial charge in [0.1, 0.15) is 6.17 Å². The minimum atomic E-state index is -0.730. The molecule has 2 atom stereocenters. The van der Waals surface area contributed by atoms with Gasteiger partial charge in [0.2, 0.25) is 0 Å². The molecule has 0 spiro atoms. The van der Waals surface area contributed by atoms with E-state index < -0.39 is 6.17 Å². The van der Waals surface area contributed by atoms with E-state index in [-0.39, 0.29) is 18.2 Å². The maximum absolute atomic E-state index is 13.5. The first-order valence-electron chi connectivity index (χ1n) is 7.76. The summed E-state index contributed by atoms with van der Waals surface area (Å²) < 4.78 is 32.3. The number of methoxy groups -OCH3 is 1. The second-order valence-electron chi connectivity index (χ2n) is 6.39. The Hall–Kier alpha value is -1.16. The highest BCUT2D eigenvalue weighted by atomic mass is 19.1. The molecule has 2 aliphatic rings. The number of halogens is 2. The summed E-state index contributed by atoms with van der Waals surface area (Å²) in [6.07, 6.45) is 2.44. The number of alkyl halides is 2. The Balaban J connectivity index is 1.74. The summed E-state index contributed by atoms with van der Waals surface area (Å²) in [7, 11) is 1.65. The summed E-state index contributed by atoms with van der Waals surface area (Å²) in [4.78, 5) is 2.09. The molecule has 0 aromatic heterocycles. The van der Waals surface area contributed by atoms with Crippen molar-refractivity contribution in [2.45, 2.75) is 38.0 Å². The van der Waals surface area contributed by atoms with Gasteiger partial charge >= 0.3 is 0 Å². The average Bonchev–Trinajstić information content (AvgIpc) is 3.30. The molecule has 21 heavy (non-hydrogen) atoms. The molecule has 0 N–H and O–H groups in total. The highest BCUT2D eigenvalue weighted by molar-refractivity contribution is 5.48. The van der Waals surface area contributed by atoms with E-state index in [0.29, 0.717) is 13.0 Å². The van der Waals surface area contributed by atoms with Crippen LogP contribution >= 0.6 is 0 Å². The Morgan fingerprint density at radius 3 is 2.57 bits per heavy atom. The lowest BCUT2D eigenvalue weighted by atomic mass is 9.93. The molecule has 1 heterocycles. The quantitative estimate of drug-likeness (QED) is 0.812. The number of ether oxygens (including phenoxy) is 1. The van der Waals surface area contributed by atoms with Gasteiger partial charge in [0.25, 0.3) is 0 Å². The molecule has 1 aliphatic heterocycles. The van der Waals surface area contributed by atoms with E-state index >= 15 is 0 Å². The Labute approximate surface area is 125 Å². The third kappa shape index (κ3) is 2.91. The van der Waals surface area contributed by atoms with Crippen molar-refractivity contribution in [3.8, 4) is 0 Å². The van der Waals surface area contributed by atoms with Gasteiger partial charge in [-0.3, -0.25) is 4.39 Å². The zero-order valence-electron chi connectivity index (χ0n) is 12.5. The summed E-state index contributed by atoms with van der Waals surface area (Å²) in [5.41, 5.74) is 1.75. The van der Waals surface area contributed by atoms with Crippen LogP contribution in [0.15, 0.2) is 24.3 Å². The minimum Gasteiger partial charge on any atom is -0.376 e. The molecule has 2 fully saturated rings. The van der Waals surface area contributed by atoms with Gasteiger partial charge in [0, 0.05) is 31.3 Å². The number of piperidine rings is 1. The van der Waals surface area contributed by atoms with E-state index in [1.807, 2.05) is 24.3 Å². The summed E-state index contributed by atoms with van der Waals surface area (Å²) >= 11 is 0. The van der Waals surface area contributed by atoms with Gasteiger partial charge in [-0.05, 0) is 43.4 Å². The number of anilines is 1. The first-order valence-corrected chi connectivity index (χ1v) is 7.76. The molecule has 0 radical (unpaired) electrons. The van der Waals surface area contributed by atoms with Crippen LogP contribution < -0.4 is 4.90 Å². The van der Waals surface area contributed by atoms with E-state index in [1.54, 1.807) is 7.11 Å². The number of nitrogens with zero attached hydrogens (tertiary/aromatic N) is 1. The lowest BCUT2D eigenvalue weighted by Gasteiger charge is -2.31. The largest absolute Gasteiger partial charge is 0.376 e. The molecule has 2 nitrogen and oxygen atoms in total. The monoisotopic (exact) mass is 295 g/mol. The van der Waals surface area contributed by atoms with Crippen molar-refractivity contribution >= 4 is 5.69 Å². The average molecular weight is 295 g/mol. The smallest absolute Gasteiger partial charge is 0.118 e. The van der Waals surface area contributed by atoms with E-state index in [0.717, 1.165) is 37.1 Å². The van der Waals surface area contributed by atoms with Crippen LogP contribution in [-0.2, 0) is 4.74 Å². The fraction of sp³-hybridized carbons (Fsp3) is 0.647. The van der Waals surface area contributed by atoms with Crippen molar-refractivity contribution in [2.24, 2.45) is 5.41 Å². The molecule has 1 aromatic rings. The van der Waals surface area contributed by atoms with Crippen molar-refractivity contribution < 1.29 is 13.5 Å². The van der Waals surface area contributed by atoms with Crippen LogP contribution in [0.3, 0.4) is 0 Å². The van der Waals surface area contributed by atoms with Gasteiger partial charge in [0.15, 0.2) is 0 Å². The lowest BCUT2D eigenvalue weighted by molar-refractivity contribution is 0.0271. The van der Waals surface area contributed by atoms with Gasteiger partial charge in [-0.1, -0.05) is 12.1 Å². The van der Waals surface area contributed by atoms with Crippen LogP contribution in [0, 0.1) is 5.41 Å². The van der Waals surface area contributed by atoms with Gasteiger partial charge in [-0.25, -0.2) is 4.39 Å². The van der Waals surface area contributed by atoms with Crippen molar-refractivity contribution in [1.29, 1.82) is 0 Å². The van der Waals surface area contributed by atoms with Crippen LogP contribution in [-0.4, -0.2) is 33.0 Å². The summed E-state index contributed by atoms with van der Waals surface area (Å²) in [6.45, 7) is 1.05. The normalized spacial score (nSPS) is 25.7. The molecule has 4 heteroatoms. The maximum atomic E-state index is 13.5. The summed E-state index contributed by atoms with van der Waals surface area (Å²) in [6, 6.07) is 8.02. The van der Waals surface area contributed by atoms with E-state index in [2.05, 4.69) is 4.90 Å². The Kier molecular flexibility index (Phi) is 4.16. The predicted molar refractivity (Wildman–Crippen MR) is 80.2 cm³/mol. The molecule has 3 rings (SSSR count). The summed E-state index contributed by atoms with van der Waals surface area (Å²) in [5, 5.41) is 0. The molecule has 1 aliphatic carbocycles. The van der Waals surface area contributed by atoms with Crippen molar-refractivity contribution in [3.05, 3.63) is 29.8 Å². The van der Waals surface area contributed by atoms with Crippen molar-refractivity contribution in [2.75, 3.05) is 31.8 Å². The first-order chi connectivity index (χ1) is 10.2. The van der Waals surface area contributed by atoms with Crippen molar-refractivity contribution in [3.63, 3.8) is 0 Å². The zero-order chi connectivity index (χ0) is 14.9. The van der Waals surface area contributed by atoms with Gasteiger partial charge in [-0.15, -0.1) is 0 Å². The fourth-order valence-electron chi connectivity index (χ4n) is 3.39. The highest BCUT2D eigenvalue weighted by Crippen LogP contribution is 2.56. The second kappa shape index (κ2) is 5.91. The van der Waals surface area contributed by atoms with Crippen LogP contribution in [0.25, 0.3) is 0 Å². The van der Waals surface area contributed by atoms with Gasteiger partial charge in [0.05, 0.1) is 12.8 Å². The number of rotatable bonds is 5. The van der Waals surface area contributed by atoms with E-state index in [9.17, 15) is 8.78 Å². The van der Waals surface area contributed by atoms with Gasteiger partial charge < -0.3 is 9.64 Å². The third-order valence-electron chi connectivity index (χ3n) is 4.88. The molecule has 116 valence electrons. The number of benzene rings is 1. The maximum Gasteiger partial charge on any atom is 0.118 e. The third-order valence-corrected chi connectivity index (χ3v) is 4.88. The van der Waals surface area contributed by atoms with Crippen LogP contribution in [0.2, 0.25) is 0 Å². The molecule has 0 bridgehead atoms. The Bertz CT molecular complexity index is 472. The standard InChI is InChI=1S/C17H23F2NO/c1-21-16(17(12-18)8-9-17)13-4-6-15(7-5-13)20-10-2-3-14(19)11-20/h4-7,14,16H,2-3,8-12H2,1H3/t14-,16?/m1/s1. The van der Waals surface area contributed by atoms with Gasteiger partial charge in [-0.2, -0.15) is 0 Å². The molecule has 1 saturated carbocycles. The van der Waals surface area contributed by atoms with Crippen LogP contribution in [0.4, 0.5) is 14.5 Å². The first kappa shape index (κ1) is 14.8. The van der Waals surface area contributed by atoms with E-state index in [4.69, 9.17) is 4.74 Å². The molecular formula is C17H23F2NO. The predicted octanol–water partition coefficient (Wildman–Crippen LogP) is 4.06. The molecule has 1 saturated heterocycles. The fourth-order valence-corrected chi connectivity index (χ4v) is 3.39. The lowest BCUT2D eigenvalue weighted by Crippen LogP contribution is -2.36. The number of hydrogen-bond donors (Lipinski definition) is 0. The topological polar surface area (TPSA) is 12.5 Å². The van der Waals surface area contributed by atoms with Crippen molar-refractivity contribution in [1.82, 2.24) is 0 Å². The Morgan fingerprint density at radius 1 is 1.33 bits per heavy atom. The summed E-state index contributed by atoms with van der Waals surface area (Å²) in [5.74, 6) is 0. The SMILES string of the molecule is COC(c1ccc(N2CCC[C@@H](F)C2)cc1)C1(CF)CC1. The molecule has 1 unspecified atom stereocenters. The molecular weight excluding hydrogens is 272 g/mol. The molecule has 1 aromatic carbocycles. The zero-order valence-corrected chi connectivity index (χ0v) is 12.5. The number of hydrogen-bond acceptors (Lipinski definition) is 2. The van der Waals surface area contributed by atoms with Crippen LogP contribution in [0.1, 0.15) is 37.4 Å². The highest BCUT2D eigenvalue weighted by Gasteiger charge is 2.50. The molecule has 0 amide bonds. The van der Waals surface area contributed by atoms with Crippen LogP contribution in [0.5, 0.6) is 0 Å². The van der Waals surface area contributed by atoms with E-state index in [1.165, 1.54) is 0 Å². The minimum absolute atomic E-state index is 0.174. The Morgan fingerprint density at radius 2 is 2.05 bits per heavy atom. The second-order valence-corrected chi connectivity index (χ2v) is 6.39.